The van der Waals surface area contributed by atoms with Crippen molar-refractivity contribution in [2.45, 2.75) is 23.6 Å². The Morgan fingerprint density at radius 2 is 1.95 bits per heavy atom. The van der Waals surface area contributed by atoms with Gasteiger partial charge < -0.3 is 4.52 Å². The Morgan fingerprint density at radius 1 is 1.29 bits per heavy atom. The predicted molar refractivity (Wildman–Crippen MR) is 86.0 cm³/mol. The number of sulfonamides is 1. The van der Waals surface area contributed by atoms with E-state index in [2.05, 4.69) is 25.8 Å². The number of aryl methyl sites for hydroxylation is 2. The standard InChI is InChI=1S/C13H15BrN2O3S2/c1-9-13(10(2)19-16-9)21(17,18)15-7-8-20-12-5-3-11(14)4-6-12/h3-6,15H,7-8H2,1-2H3. The van der Waals surface area contributed by atoms with Gasteiger partial charge in [-0.05, 0) is 38.1 Å². The molecule has 0 aliphatic carbocycles. The molecule has 0 saturated carbocycles. The normalized spacial score (nSPS) is 11.8. The average Bonchev–Trinajstić information content (AvgIpc) is 2.77. The van der Waals surface area contributed by atoms with E-state index in [1.54, 1.807) is 25.6 Å². The van der Waals surface area contributed by atoms with Gasteiger partial charge in [-0.3, -0.25) is 0 Å². The van der Waals surface area contributed by atoms with Crippen molar-refractivity contribution in [2.75, 3.05) is 12.3 Å². The SMILES string of the molecule is Cc1noc(C)c1S(=O)(=O)NCCSc1ccc(Br)cc1. The third kappa shape index (κ3) is 4.32. The van der Waals surface area contributed by atoms with Crippen molar-refractivity contribution in [1.82, 2.24) is 9.88 Å². The summed E-state index contributed by atoms with van der Waals surface area (Å²) < 4.78 is 32.8. The first-order valence-corrected chi connectivity index (χ1v) is 9.47. The van der Waals surface area contributed by atoms with Crippen LogP contribution in [0.25, 0.3) is 0 Å². The maximum absolute atomic E-state index is 12.2. The van der Waals surface area contributed by atoms with Crippen molar-refractivity contribution in [3.63, 3.8) is 0 Å². The molecule has 0 spiro atoms. The van der Waals surface area contributed by atoms with E-state index in [-0.39, 0.29) is 4.90 Å². The third-order valence-electron chi connectivity index (χ3n) is 2.71. The summed E-state index contributed by atoms with van der Waals surface area (Å²) in [5, 5.41) is 3.66. The molecular formula is C13H15BrN2O3S2. The highest BCUT2D eigenvalue weighted by atomic mass is 79.9. The molecule has 21 heavy (non-hydrogen) atoms. The maximum Gasteiger partial charge on any atom is 0.245 e. The maximum atomic E-state index is 12.2. The van der Waals surface area contributed by atoms with E-state index >= 15 is 0 Å². The highest BCUT2D eigenvalue weighted by Crippen LogP contribution is 2.21. The van der Waals surface area contributed by atoms with Crippen LogP contribution < -0.4 is 4.72 Å². The minimum absolute atomic E-state index is 0.135. The Hall–Kier alpha value is -0.830. The van der Waals surface area contributed by atoms with Gasteiger partial charge in [-0.1, -0.05) is 21.1 Å². The first kappa shape index (κ1) is 16.5. The summed E-state index contributed by atoms with van der Waals surface area (Å²) in [5.74, 6) is 0.949. The Balaban J connectivity index is 1.90. The molecular weight excluding hydrogens is 376 g/mol. The van der Waals surface area contributed by atoms with Gasteiger partial charge in [-0.25, -0.2) is 13.1 Å². The zero-order valence-corrected chi connectivity index (χ0v) is 14.8. The lowest BCUT2D eigenvalue weighted by molar-refractivity contribution is 0.390. The van der Waals surface area contributed by atoms with Gasteiger partial charge >= 0.3 is 0 Å². The molecule has 0 fully saturated rings. The van der Waals surface area contributed by atoms with E-state index in [1.165, 1.54) is 0 Å². The summed E-state index contributed by atoms with van der Waals surface area (Å²) in [5.41, 5.74) is 0.376. The molecule has 0 radical (unpaired) electrons. The Morgan fingerprint density at radius 3 is 2.52 bits per heavy atom. The molecule has 0 unspecified atom stereocenters. The zero-order chi connectivity index (χ0) is 15.5. The van der Waals surface area contributed by atoms with Gasteiger partial charge in [0, 0.05) is 21.7 Å². The molecule has 0 aliphatic heterocycles. The largest absolute Gasteiger partial charge is 0.360 e. The fourth-order valence-electron chi connectivity index (χ4n) is 1.81. The summed E-state index contributed by atoms with van der Waals surface area (Å²) in [6.45, 7) is 3.54. The fraction of sp³-hybridized carbons (Fsp3) is 0.308. The van der Waals surface area contributed by atoms with Crippen LogP contribution in [0.2, 0.25) is 0 Å². The summed E-state index contributed by atoms with van der Waals surface area (Å²) in [6, 6.07) is 7.88. The van der Waals surface area contributed by atoms with Crippen LogP contribution in [0.3, 0.4) is 0 Å². The van der Waals surface area contributed by atoms with Crippen LogP contribution in [0.5, 0.6) is 0 Å². The van der Waals surface area contributed by atoms with E-state index in [4.69, 9.17) is 4.52 Å². The van der Waals surface area contributed by atoms with E-state index < -0.39 is 10.0 Å². The van der Waals surface area contributed by atoms with Crippen LogP contribution in [-0.4, -0.2) is 25.9 Å². The van der Waals surface area contributed by atoms with Crippen LogP contribution in [0, 0.1) is 13.8 Å². The lowest BCUT2D eigenvalue weighted by atomic mass is 10.4. The molecule has 2 rings (SSSR count). The van der Waals surface area contributed by atoms with Gasteiger partial charge in [0.25, 0.3) is 0 Å². The number of benzene rings is 1. The number of nitrogens with one attached hydrogen (secondary N) is 1. The Bertz CT molecular complexity index is 692. The molecule has 114 valence electrons. The first-order valence-electron chi connectivity index (χ1n) is 6.21. The monoisotopic (exact) mass is 390 g/mol. The van der Waals surface area contributed by atoms with Gasteiger partial charge in [0.05, 0.1) is 0 Å². The van der Waals surface area contributed by atoms with Gasteiger partial charge in [0.2, 0.25) is 10.0 Å². The van der Waals surface area contributed by atoms with Crippen LogP contribution in [0.1, 0.15) is 11.5 Å². The van der Waals surface area contributed by atoms with E-state index in [9.17, 15) is 8.42 Å². The molecule has 0 amide bonds. The van der Waals surface area contributed by atoms with Crippen LogP contribution in [0.4, 0.5) is 0 Å². The van der Waals surface area contributed by atoms with E-state index in [0.717, 1.165) is 9.37 Å². The average molecular weight is 391 g/mol. The molecule has 1 heterocycles. The molecule has 1 N–H and O–H groups in total. The second-order valence-corrected chi connectivity index (χ2v) is 8.14. The number of nitrogens with zero attached hydrogens (tertiary/aromatic N) is 1. The van der Waals surface area contributed by atoms with Crippen molar-refractivity contribution in [3.8, 4) is 0 Å². The van der Waals surface area contributed by atoms with Crippen molar-refractivity contribution in [2.24, 2.45) is 0 Å². The third-order valence-corrected chi connectivity index (χ3v) is 5.96. The van der Waals surface area contributed by atoms with Crippen LogP contribution in [-0.2, 0) is 10.0 Å². The van der Waals surface area contributed by atoms with Crippen LogP contribution >= 0.6 is 27.7 Å². The zero-order valence-electron chi connectivity index (χ0n) is 11.6. The minimum Gasteiger partial charge on any atom is -0.360 e. The molecule has 8 heteroatoms. The number of hydrogen-bond donors (Lipinski definition) is 1. The molecule has 0 saturated heterocycles. The van der Waals surface area contributed by atoms with E-state index in [1.807, 2.05) is 24.3 Å². The van der Waals surface area contributed by atoms with Gasteiger partial charge in [0.1, 0.15) is 10.6 Å². The Kier molecular flexibility index (Phi) is 5.48. The summed E-state index contributed by atoms with van der Waals surface area (Å²) >= 11 is 4.96. The smallest absolute Gasteiger partial charge is 0.245 e. The molecule has 1 aromatic carbocycles. The molecule has 0 bridgehead atoms. The quantitative estimate of drug-likeness (QED) is 0.605. The minimum atomic E-state index is -3.57. The first-order chi connectivity index (χ1) is 9.90. The van der Waals surface area contributed by atoms with Crippen molar-refractivity contribution >= 4 is 37.7 Å². The Labute approximate surface area is 136 Å². The number of rotatable bonds is 6. The lowest BCUT2D eigenvalue weighted by Crippen LogP contribution is -2.26. The number of aromatic nitrogens is 1. The van der Waals surface area contributed by atoms with Crippen molar-refractivity contribution in [1.29, 1.82) is 0 Å². The van der Waals surface area contributed by atoms with Gasteiger partial charge in [-0.2, -0.15) is 0 Å². The lowest BCUT2D eigenvalue weighted by Gasteiger charge is -2.06. The number of halogens is 1. The predicted octanol–water partition coefficient (Wildman–Crippen LogP) is 3.12. The summed E-state index contributed by atoms with van der Waals surface area (Å²) in [6.07, 6.45) is 0. The summed E-state index contributed by atoms with van der Waals surface area (Å²) in [7, 11) is -3.57. The molecule has 0 atom stereocenters. The highest BCUT2D eigenvalue weighted by Gasteiger charge is 2.23. The van der Waals surface area contributed by atoms with Crippen molar-refractivity contribution < 1.29 is 12.9 Å². The molecule has 5 nitrogen and oxygen atoms in total. The second kappa shape index (κ2) is 6.95. The number of hydrogen-bond acceptors (Lipinski definition) is 5. The summed E-state index contributed by atoms with van der Waals surface area (Å²) in [4.78, 5) is 1.23. The van der Waals surface area contributed by atoms with Gasteiger partial charge in [0.15, 0.2) is 5.76 Å². The second-order valence-electron chi connectivity index (χ2n) is 4.35. The number of thioether (sulfide) groups is 1. The highest BCUT2D eigenvalue weighted by molar-refractivity contribution is 9.10. The van der Waals surface area contributed by atoms with Crippen molar-refractivity contribution in [3.05, 3.63) is 40.2 Å². The topological polar surface area (TPSA) is 72.2 Å². The molecule has 0 aliphatic rings. The van der Waals surface area contributed by atoms with Crippen LogP contribution in [0.15, 0.2) is 43.1 Å². The molecule has 2 aromatic rings. The fourth-order valence-corrected chi connectivity index (χ4v) is 4.33. The van der Waals surface area contributed by atoms with E-state index in [0.29, 0.717) is 23.8 Å². The molecule has 1 aromatic heterocycles. The van der Waals surface area contributed by atoms with Gasteiger partial charge in [-0.15, -0.1) is 11.8 Å².